The lowest BCUT2D eigenvalue weighted by Crippen LogP contribution is -2.01. The predicted molar refractivity (Wildman–Crippen MR) is 112 cm³/mol. The molecule has 0 spiro atoms. The van der Waals surface area contributed by atoms with Gasteiger partial charge in [0, 0.05) is 53.0 Å². The summed E-state index contributed by atoms with van der Waals surface area (Å²) in [5.74, 6) is -0.598. The highest BCUT2D eigenvalue weighted by molar-refractivity contribution is 6.36. The van der Waals surface area contributed by atoms with Crippen LogP contribution in [0.4, 0.5) is 4.39 Å². The standard InChI is InChI=1S/C22H20Cl2FN3/c1-3-8-28-12-15(11-27-28)14-9-17-16(4-7-20(17)26-10-14)13(2)21-18(23)5-6-19(25)22(21)24/h4-6,9-13H,3,7-8H2,1-2H3. The van der Waals surface area contributed by atoms with E-state index in [0.29, 0.717) is 10.6 Å². The maximum atomic E-state index is 14.0. The second kappa shape index (κ2) is 7.69. The molecule has 0 bridgehead atoms. The topological polar surface area (TPSA) is 30.7 Å². The summed E-state index contributed by atoms with van der Waals surface area (Å²) in [6, 6.07) is 4.99. The highest BCUT2D eigenvalue weighted by atomic mass is 35.5. The summed E-state index contributed by atoms with van der Waals surface area (Å²) in [4.78, 5) is 4.65. The molecule has 4 rings (SSSR count). The smallest absolute Gasteiger partial charge is 0.142 e. The van der Waals surface area contributed by atoms with E-state index in [0.717, 1.165) is 47.3 Å². The molecule has 144 valence electrons. The molecular weight excluding hydrogens is 396 g/mol. The van der Waals surface area contributed by atoms with Gasteiger partial charge in [0.15, 0.2) is 0 Å². The number of halogens is 3. The van der Waals surface area contributed by atoms with Gasteiger partial charge in [-0.25, -0.2) is 4.39 Å². The van der Waals surface area contributed by atoms with Crippen LogP contribution in [0.3, 0.4) is 0 Å². The molecule has 0 saturated carbocycles. The van der Waals surface area contributed by atoms with Crippen molar-refractivity contribution in [2.45, 2.75) is 39.2 Å². The molecule has 0 aliphatic heterocycles. The number of hydrogen-bond donors (Lipinski definition) is 0. The van der Waals surface area contributed by atoms with Gasteiger partial charge in [-0.1, -0.05) is 43.1 Å². The molecule has 0 saturated heterocycles. The Labute approximate surface area is 173 Å². The summed E-state index contributed by atoms with van der Waals surface area (Å²) in [5, 5.41) is 4.96. The van der Waals surface area contributed by atoms with Crippen LogP contribution in [0.25, 0.3) is 16.7 Å². The third-order valence-electron chi connectivity index (χ3n) is 5.19. The minimum atomic E-state index is -0.457. The van der Waals surface area contributed by atoms with Crippen LogP contribution in [0.1, 0.15) is 43.0 Å². The third-order valence-corrected chi connectivity index (χ3v) is 5.91. The monoisotopic (exact) mass is 415 g/mol. The first-order chi connectivity index (χ1) is 13.5. The second-order valence-electron chi connectivity index (χ2n) is 7.05. The highest BCUT2D eigenvalue weighted by Crippen LogP contribution is 2.43. The van der Waals surface area contributed by atoms with E-state index in [-0.39, 0.29) is 10.9 Å². The molecule has 0 radical (unpaired) electrons. The number of pyridine rings is 1. The normalized spacial score (nSPS) is 14.1. The van der Waals surface area contributed by atoms with E-state index in [9.17, 15) is 4.39 Å². The van der Waals surface area contributed by atoms with E-state index in [1.165, 1.54) is 6.07 Å². The van der Waals surface area contributed by atoms with Gasteiger partial charge in [-0.3, -0.25) is 9.67 Å². The van der Waals surface area contributed by atoms with Gasteiger partial charge in [0.2, 0.25) is 0 Å². The number of fused-ring (bicyclic) bond motifs is 1. The van der Waals surface area contributed by atoms with E-state index in [2.05, 4.69) is 29.1 Å². The highest BCUT2D eigenvalue weighted by Gasteiger charge is 2.26. The van der Waals surface area contributed by atoms with Gasteiger partial charge in [0.25, 0.3) is 0 Å². The summed E-state index contributed by atoms with van der Waals surface area (Å²) in [6.45, 7) is 5.01. The third kappa shape index (κ3) is 3.36. The van der Waals surface area contributed by atoms with Crippen LogP contribution < -0.4 is 0 Å². The average Bonchev–Trinajstić information content (AvgIpc) is 3.31. The first-order valence-corrected chi connectivity index (χ1v) is 10.1. The van der Waals surface area contributed by atoms with E-state index in [1.54, 1.807) is 6.07 Å². The van der Waals surface area contributed by atoms with Crippen molar-refractivity contribution in [1.82, 2.24) is 14.8 Å². The summed E-state index contributed by atoms with van der Waals surface area (Å²) in [5.41, 5.74) is 5.80. The molecule has 2 heterocycles. The Balaban J connectivity index is 1.71. The van der Waals surface area contributed by atoms with E-state index in [4.69, 9.17) is 23.2 Å². The van der Waals surface area contributed by atoms with Crippen LogP contribution in [0.15, 0.2) is 42.9 Å². The van der Waals surface area contributed by atoms with Crippen molar-refractivity contribution in [3.63, 3.8) is 0 Å². The lowest BCUT2D eigenvalue weighted by molar-refractivity contribution is 0.603. The Morgan fingerprint density at radius 3 is 2.82 bits per heavy atom. The van der Waals surface area contributed by atoms with Crippen molar-refractivity contribution in [2.24, 2.45) is 0 Å². The molecule has 1 aliphatic carbocycles. The Bertz CT molecular complexity index is 1070. The van der Waals surface area contributed by atoms with E-state index in [1.807, 2.05) is 30.2 Å². The lowest BCUT2D eigenvalue weighted by atomic mass is 9.89. The minimum Gasteiger partial charge on any atom is -0.272 e. The van der Waals surface area contributed by atoms with Crippen molar-refractivity contribution in [3.05, 3.63) is 75.5 Å². The van der Waals surface area contributed by atoms with Crippen molar-refractivity contribution >= 4 is 28.8 Å². The molecule has 1 atom stereocenters. The lowest BCUT2D eigenvalue weighted by Gasteiger charge is -2.19. The molecule has 0 amide bonds. The zero-order valence-electron chi connectivity index (χ0n) is 15.7. The molecular formula is C22H20Cl2FN3. The van der Waals surface area contributed by atoms with Crippen LogP contribution in [-0.2, 0) is 13.0 Å². The Hall–Kier alpha value is -2.17. The molecule has 2 aromatic heterocycles. The fraction of sp³-hybridized carbons (Fsp3) is 0.273. The van der Waals surface area contributed by atoms with Gasteiger partial charge in [-0.2, -0.15) is 5.10 Å². The van der Waals surface area contributed by atoms with Gasteiger partial charge in [-0.05, 0) is 35.8 Å². The molecule has 3 nitrogen and oxygen atoms in total. The molecule has 1 unspecified atom stereocenters. The number of aromatic nitrogens is 3. The predicted octanol–water partition coefficient (Wildman–Crippen LogP) is 6.54. The fourth-order valence-corrected chi connectivity index (χ4v) is 4.45. The maximum absolute atomic E-state index is 14.0. The number of allylic oxidation sites excluding steroid dienone is 2. The molecule has 1 aromatic carbocycles. The molecule has 28 heavy (non-hydrogen) atoms. The largest absolute Gasteiger partial charge is 0.272 e. The second-order valence-corrected chi connectivity index (χ2v) is 7.84. The SMILES string of the molecule is CCCn1cc(-c2cnc3c(c2)C(C(C)c2c(Cl)ccc(F)c2Cl)=CC3)cn1. The molecule has 0 N–H and O–H groups in total. The minimum absolute atomic E-state index is 0.0827. The number of benzene rings is 1. The number of rotatable bonds is 5. The van der Waals surface area contributed by atoms with Gasteiger partial charge in [0.05, 0.1) is 16.9 Å². The summed E-state index contributed by atoms with van der Waals surface area (Å²) >= 11 is 12.6. The first-order valence-electron chi connectivity index (χ1n) is 9.35. The summed E-state index contributed by atoms with van der Waals surface area (Å²) < 4.78 is 16.0. The van der Waals surface area contributed by atoms with Crippen molar-refractivity contribution < 1.29 is 4.39 Å². The van der Waals surface area contributed by atoms with Gasteiger partial charge < -0.3 is 0 Å². The van der Waals surface area contributed by atoms with E-state index < -0.39 is 5.82 Å². The zero-order chi connectivity index (χ0) is 19.8. The van der Waals surface area contributed by atoms with Crippen molar-refractivity contribution in [1.29, 1.82) is 0 Å². The van der Waals surface area contributed by atoms with Crippen LogP contribution in [0.5, 0.6) is 0 Å². The average molecular weight is 416 g/mol. The zero-order valence-corrected chi connectivity index (χ0v) is 17.2. The number of hydrogen-bond acceptors (Lipinski definition) is 2. The quantitative estimate of drug-likeness (QED) is 0.442. The Morgan fingerprint density at radius 2 is 2.04 bits per heavy atom. The first kappa shape index (κ1) is 19.2. The van der Waals surface area contributed by atoms with Crippen molar-refractivity contribution in [2.75, 3.05) is 0 Å². The summed E-state index contributed by atoms with van der Waals surface area (Å²) in [7, 11) is 0. The molecule has 0 fully saturated rings. The Kier molecular flexibility index (Phi) is 5.26. The summed E-state index contributed by atoms with van der Waals surface area (Å²) in [6.07, 6.45) is 9.69. The van der Waals surface area contributed by atoms with Crippen LogP contribution in [0, 0.1) is 5.82 Å². The van der Waals surface area contributed by atoms with Gasteiger partial charge >= 0.3 is 0 Å². The molecule has 6 heteroatoms. The van der Waals surface area contributed by atoms with Crippen LogP contribution in [0.2, 0.25) is 10.0 Å². The van der Waals surface area contributed by atoms with Crippen LogP contribution in [-0.4, -0.2) is 14.8 Å². The van der Waals surface area contributed by atoms with Crippen molar-refractivity contribution in [3.8, 4) is 11.1 Å². The van der Waals surface area contributed by atoms with Gasteiger partial charge in [-0.15, -0.1) is 0 Å². The number of nitrogens with zero attached hydrogens (tertiary/aromatic N) is 3. The maximum Gasteiger partial charge on any atom is 0.142 e. The van der Waals surface area contributed by atoms with E-state index >= 15 is 0 Å². The molecule has 1 aliphatic rings. The van der Waals surface area contributed by atoms with Gasteiger partial charge in [0.1, 0.15) is 5.82 Å². The fourth-order valence-electron chi connectivity index (χ4n) is 3.75. The Morgan fingerprint density at radius 1 is 1.21 bits per heavy atom. The number of aryl methyl sites for hydroxylation is 1. The van der Waals surface area contributed by atoms with Crippen LogP contribution >= 0.6 is 23.2 Å². The molecule has 3 aromatic rings.